The average Bonchev–Trinajstić information content (AvgIpc) is 3.05. The van der Waals surface area contributed by atoms with Crippen molar-refractivity contribution >= 4 is 27.3 Å². The number of aliphatic hydroxyl groups is 3. The van der Waals surface area contributed by atoms with Crippen LogP contribution in [-0.4, -0.2) is 49.8 Å². The van der Waals surface area contributed by atoms with Gasteiger partial charge in [0.05, 0.1) is 16.0 Å². The van der Waals surface area contributed by atoms with Gasteiger partial charge in [0.15, 0.2) is 6.23 Å². The number of aromatic amines is 1. The summed E-state index contributed by atoms with van der Waals surface area (Å²) in [5.41, 5.74) is -1.10. The number of rotatable bonds is 3. The fourth-order valence-corrected chi connectivity index (χ4v) is 3.81. The molecule has 8 nitrogen and oxygen atoms in total. The van der Waals surface area contributed by atoms with E-state index in [1.54, 1.807) is 12.1 Å². The molecule has 0 unspecified atom stereocenters. The molecule has 4 atom stereocenters. The van der Waals surface area contributed by atoms with Gasteiger partial charge in [0, 0.05) is 11.1 Å². The highest BCUT2D eigenvalue weighted by molar-refractivity contribution is 9.11. The molecule has 2 aromatic heterocycles. The number of thiophene rings is 1. The number of aliphatic hydroxyl groups excluding tert-OH is 3. The van der Waals surface area contributed by atoms with E-state index in [0.29, 0.717) is 4.88 Å². The van der Waals surface area contributed by atoms with Crippen LogP contribution in [0.2, 0.25) is 0 Å². The summed E-state index contributed by atoms with van der Waals surface area (Å²) in [6.07, 6.45) is -3.66. The predicted molar refractivity (Wildman–Crippen MR) is 85.3 cm³/mol. The monoisotopic (exact) mass is 404 g/mol. The first-order valence-electron chi connectivity index (χ1n) is 6.66. The summed E-state index contributed by atoms with van der Waals surface area (Å²) in [6, 6.07) is 3.48. The zero-order valence-electron chi connectivity index (χ0n) is 11.5. The van der Waals surface area contributed by atoms with Crippen LogP contribution in [0.4, 0.5) is 0 Å². The average molecular weight is 405 g/mol. The SMILES string of the molecule is O=c1[nH]c(=O)n([C@@H]2O[C@H](CO)[C@@H](O)[C@@H]2O)cc1-c1ccc(Br)s1. The van der Waals surface area contributed by atoms with E-state index in [9.17, 15) is 19.8 Å². The van der Waals surface area contributed by atoms with Gasteiger partial charge < -0.3 is 20.1 Å². The Labute approximate surface area is 141 Å². The maximum absolute atomic E-state index is 12.0. The van der Waals surface area contributed by atoms with Gasteiger partial charge in [-0.3, -0.25) is 14.3 Å². The van der Waals surface area contributed by atoms with Gasteiger partial charge in [-0.05, 0) is 28.1 Å². The van der Waals surface area contributed by atoms with Crippen LogP contribution in [-0.2, 0) is 4.74 Å². The lowest BCUT2D eigenvalue weighted by atomic mass is 10.1. The smallest absolute Gasteiger partial charge is 0.330 e. The second-order valence-electron chi connectivity index (χ2n) is 5.04. The number of nitrogens with one attached hydrogen (secondary N) is 1. The number of aromatic nitrogens is 2. The van der Waals surface area contributed by atoms with Crippen molar-refractivity contribution in [1.29, 1.82) is 0 Å². The first-order valence-corrected chi connectivity index (χ1v) is 8.27. The lowest BCUT2D eigenvalue weighted by Crippen LogP contribution is -2.38. The Balaban J connectivity index is 2.07. The molecule has 124 valence electrons. The van der Waals surface area contributed by atoms with Crippen molar-refractivity contribution in [2.75, 3.05) is 6.61 Å². The van der Waals surface area contributed by atoms with Gasteiger partial charge in [-0.25, -0.2) is 4.79 Å². The Kier molecular flexibility index (Phi) is 4.54. The second-order valence-corrected chi connectivity index (χ2v) is 7.50. The normalized spacial score (nSPS) is 27.5. The molecular formula is C13H13BrN2O6S. The molecule has 0 aliphatic carbocycles. The number of halogens is 1. The van der Waals surface area contributed by atoms with E-state index >= 15 is 0 Å². The van der Waals surface area contributed by atoms with Gasteiger partial charge >= 0.3 is 5.69 Å². The van der Waals surface area contributed by atoms with Crippen LogP contribution >= 0.6 is 27.3 Å². The standard InChI is InChI=1S/C13H13BrN2O6S/c14-8-2-1-7(23-8)5-3-16(13(21)15-11(5)20)12-10(19)9(18)6(4-17)22-12/h1-3,6,9-10,12,17-19H,4H2,(H,15,20,21)/t6-,9-,10+,12-/m1/s1. The van der Waals surface area contributed by atoms with E-state index in [1.807, 2.05) is 0 Å². The van der Waals surface area contributed by atoms with Crippen LogP contribution < -0.4 is 11.2 Å². The summed E-state index contributed by atoms with van der Waals surface area (Å²) in [6.45, 7) is -0.502. The third-order valence-corrected chi connectivity index (χ3v) is 5.25. The summed E-state index contributed by atoms with van der Waals surface area (Å²) in [5.74, 6) is 0. The minimum absolute atomic E-state index is 0.234. The molecule has 1 fully saturated rings. The highest BCUT2D eigenvalue weighted by Gasteiger charge is 2.43. The highest BCUT2D eigenvalue weighted by atomic mass is 79.9. The Hall–Kier alpha value is -1.30. The molecule has 23 heavy (non-hydrogen) atoms. The van der Waals surface area contributed by atoms with Crippen LogP contribution in [0.1, 0.15) is 6.23 Å². The fourth-order valence-electron chi connectivity index (χ4n) is 2.42. The van der Waals surface area contributed by atoms with Crippen molar-refractivity contribution in [1.82, 2.24) is 9.55 Å². The maximum atomic E-state index is 12.0. The largest absolute Gasteiger partial charge is 0.394 e. The molecular weight excluding hydrogens is 392 g/mol. The van der Waals surface area contributed by atoms with E-state index in [2.05, 4.69) is 20.9 Å². The molecule has 10 heteroatoms. The van der Waals surface area contributed by atoms with E-state index < -0.39 is 42.4 Å². The maximum Gasteiger partial charge on any atom is 0.330 e. The summed E-state index contributed by atoms with van der Waals surface area (Å²) >= 11 is 4.61. The number of nitrogens with zero attached hydrogens (tertiary/aromatic N) is 1. The van der Waals surface area contributed by atoms with Gasteiger partial charge in [0.25, 0.3) is 5.56 Å². The van der Waals surface area contributed by atoms with E-state index in [-0.39, 0.29) is 5.56 Å². The molecule has 3 rings (SSSR count). The number of hydrogen-bond donors (Lipinski definition) is 4. The predicted octanol–water partition coefficient (Wildman–Crippen LogP) is -0.361. The van der Waals surface area contributed by atoms with Crippen LogP contribution in [0.3, 0.4) is 0 Å². The summed E-state index contributed by atoms with van der Waals surface area (Å²) in [7, 11) is 0. The second kappa shape index (κ2) is 6.30. The summed E-state index contributed by atoms with van der Waals surface area (Å²) < 4.78 is 7.15. The van der Waals surface area contributed by atoms with Crippen LogP contribution in [0.15, 0.2) is 31.7 Å². The molecule has 0 radical (unpaired) electrons. The van der Waals surface area contributed by atoms with Gasteiger partial charge in [-0.2, -0.15) is 0 Å². The molecule has 4 N–H and O–H groups in total. The van der Waals surface area contributed by atoms with Crippen molar-refractivity contribution in [3.8, 4) is 10.4 Å². The van der Waals surface area contributed by atoms with Crippen molar-refractivity contribution in [3.05, 3.63) is 43.0 Å². The molecule has 0 saturated carbocycles. The van der Waals surface area contributed by atoms with Gasteiger partial charge in [-0.1, -0.05) is 0 Å². The Morgan fingerprint density at radius 1 is 1.30 bits per heavy atom. The van der Waals surface area contributed by atoms with E-state index in [0.717, 1.165) is 8.35 Å². The van der Waals surface area contributed by atoms with Crippen molar-refractivity contribution in [2.45, 2.75) is 24.5 Å². The molecule has 0 spiro atoms. The molecule has 1 saturated heterocycles. The Morgan fingerprint density at radius 2 is 2.04 bits per heavy atom. The molecule has 1 aliphatic rings. The lowest BCUT2D eigenvalue weighted by molar-refractivity contribution is -0.0549. The van der Waals surface area contributed by atoms with E-state index in [4.69, 9.17) is 9.84 Å². The van der Waals surface area contributed by atoms with Crippen molar-refractivity contribution in [2.24, 2.45) is 0 Å². The quantitative estimate of drug-likeness (QED) is 0.553. The highest BCUT2D eigenvalue weighted by Crippen LogP contribution is 2.31. The van der Waals surface area contributed by atoms with E-state index in [1.165, 1.54) is 17.5 Å². The van der Waals surface area contributed by atoms with Crippen molar-refractivity contribution in [3.63, 3.8) is 0 Å². The number of ether oxygens (including phenoxy) is 1. The molecule has 0 bridgehead atoms. The van der Waals surface area contributed by atoms with Crippen LogP contribution in [0.5, 0.6) is 0 Å². The molecule has 1 aliphatic heterocycles. The third kappa shape index (κ3) is 2.93. The van der Waals surface area contributed by atoms with Crippen LogP contribution in [0, 0.1) is 0 Å². The van der Waals surface area contributed by atoms with Gasteiger partial charge in [0.2, 0.25) is 0 Å². The van der Waals surface area contributed by atoms with Gasteiger partial charge in [0.1, 0.15) is 18.3 Å². The molecule has 0 aromatic carbocycles. The fraction of sp³-hybridized carbons (Fsp3) is 0.385. The topological polar surface area (TPSA) is 125 Å². The number of H-pyrrole nitrogens is 1. The molecule has 3 heterocycles. The zero-order chi connectivity index (χ0) is 16.7. The Morgan fingerprint density at radius 3 is 2.61 bits per heavy atom. The molecule has 2 aromatic rings. The lowest BCUT2D eigenvalue weighted by Gasteiger charge is -2.17. The summed E-state index contributed by atoms with van der Waals surface area (Å²) in [4.78, 5) is 26.8. The first-order chi connectivity index (χ1) is 10.9. The number of hydrogen-bond acceptors (Lipinski definition) is 7. The molecule has 0 amide bonds. The third-order valence-electron chi connectivity index (χ3n) is 3.60. The first kappa shape index (κ1) is 16.6. The minimum atomic E-state index is -1.40. The van der Waals surface area contributed by atoms with Crippen molar-refractivity contribution < 1.29 is 20.1 Å². The Bertz CT molecular complexity index is 830. The zero-order valence-corrected chi connectivity index (χ0v) is 14.0. The minimum Gasteiger partial charge on any atom is -0.394 e. The van der Waals surface area contributed by atoms with Gasteiger partial charge in [-0.15, -0.1) is 11.3 Å². The van der Waals surface area contributed by atoms with Crippen LogP contribution in [0.25, 0.3) is 10.4 Å². The summed E-state index contributed by atoms with van der Waals surface area (Å²) in [5, 5.41) is 28.9.